The van der Waals surface area contributed by atoms with Crippen LogP contribution in [0.5, 0.6) is 5.75 Å². The van der Waals surface area contributed by atoms with Gasteiger partial charge in [0.25, 0.3) is 0 Å². The molecule has 1 amide bonds. The summed E-state index contributed by atoms with van der Waals surface area (Å²) in [5.41, 5.74) is 1.65. The number of hydrogen-bond acceptors (Lipinski definition) is 3. The lowest BCUT2D eigenvalue weighted by molar-refractivity contribution is -0.122. The van der Waals surface area contributed by atoms with E-state index in [4.69, 9.17) is 9.47 Å². The number of benzene rings is 1. The molecule has 0 heterocycles. The number of nitrogens with one attached hydrogen (secondary N) is 1. The van der Waals surface area contributed by atoms with E-state index in [0.29, 0.717) is 11.4 Å². The third-order valence-corrected chi connectivity index (χ3v) is 3.96. The summed E-state index contributed by atoms with van der Waals surface area (Å²) in [6.45, 7) is 2.03. The number of carbonyl (C=O) groups is 1. The van der Waals surface area contributed by atoms with Crippen LogP contribution in [0, 0.1) is 6.92 Å². The normalized spacial score (nSPS) is 15.3. The van der Waals surface area contributed by atoms with Gasteiger partial charge in [-0.3, -0.25) is 4.79 Å². The molecule has 0 spiro atoms. The van der Waals surface area contributed by atoms with Gasteiger partial charge in [0.15, 0.2) is 0 Å². The first-order chi connectivity index (χ1) is 9.60. The van der Waals surface area contributed by atoms with Gasteiger partial charge in [-0.05, 0) is 37.5 Å². The van der Waals surface area contributed by atoms with Crippen LogP contribution in [0.4, 0.5) is 5.69 Å². The zero-order chi connectivity index (χ0) is 14.5. The molecule has 1 N–H and O–H groups in total. The Bertz CT molecular complexity index is 484. The Balaban J connectivity index is 1.96. The first kappa shape index (κ1) is 15.3. The second-order valence-electron chi connectivity index (χ2n) is 5.07. The SMILES string of the molecule is COc1cc(Br)cc(C)c1NC(=O)COC1CCCC1. The Labute approximate surface area is 128 Å². The van der Waals surface area contributed by atoms with Crippen LogP contribution in [0.2, 0.25) is 0 Å². The first-order valence-corrected chi connectivity index (χ1v) is 7.65. The van der Waals surface area contributed by atoms with Crippen molar-refractivity contribution in [2.45, 2.75) is 38.7 Å². The lowest BCUT2D eigenvalue weighted by Crippen LogP contribution is -2.22. The van der Waals surface area contributed by atoms with Crippen LogP contribution in [0.3, 0.4) is 0 Å². The van der Waals surface area contributed by atoms with Gasteiger partial charge in [0.05, 0.1) is 18.9 Å². The molecule has 1 aliphatic carbocycles. The zero-order valence-corrected chi connectivity index (χ0v) is 13.5. The largest absolute Gasteiger partial charge is 0.495 e. The third kappa shape index (κ3) is 3.96. The maximum atomic E-state index is 12.0. The van der Waals surface area contributed by atoms with Crippen molar-refractivity contribution in [1.29, 1.82) is 0 Å². The fourth-order valence-corrected chi connectivity index (χ4v) is 3.01. The van der Waals surface area contributed by atoms with Gasteiger partial charge < -0.3 is 14.8 Å². The van der Waals surface area contributed by atoms with Crippen molar-refractivity contribution in [2.75, 3.05) is 19.0 Å². The fourth-order valence-electron chi connectivity index (χ4n) is 2.46. The number of carbonyl (C=O) groups excluding carboxylic acids is 1. The molecule has 1 aromatic carbocycles. The van der Waals surface area contributed by atoms with Crippen molar-refractivity contribution in [2.24, 2.45) is 0 Å². The first-order valence-electron chi connectivity index (χ1n) is 6.85. The van der Waals surface area contributed by atoms with E-state index >= 15 is 0 Å². The van der Waals surface area contributed by atoms with E-state index in [0.717, 1.165) is 22.9 Å². The maximum absolute atomic E-state index is 12.0. The molecule has 0 aromatic heterocycles. The topological polar surface area (TPSA) is 47.6 Å². The molecule has 1 fully saturated rings. The molecule has 4 nitrogen and oxygen atoms in total. The van der Waals surface area contributed by atoms with Crippen molar-refractivity contribution in [3.05, 3.63) is 22.2 Å². The summed E-state index contributed by atoms with van der Waals surface area (Å²) < 4.78 is 11.8. The van der Waals surface area contributed by atoms with E-state index in [-0.39, 0.29) is 18.6 Å². The minimum absolute atomic E-state index is 0.101. The standard InChI is InChI=1S/C15H20BrNO3/c1-10-7-11(16)8-13(19-2)15(10)17-14(18)9-20-12-5-3-4-6-12/h7-8,12H,3-6,9H2,1-2H3,(H,17,18). The molecule has 0 unspecified atom stereocenters. The average Bonchev–Trinajstić information content (AvgIpc) is 2.92. The lowest BCUT2D eigenvalue weighted by atomic mass is 10.2. The second kappa shape index (κ2) is 7.09. The highest BCUT2D eigenvalue weighted by atomic mass is 79.9. The van der Waals surface area contributed by atoms with Crippen molar-refractivity contribution >= 4 is 27.5 Å². The van der Waals surface area contributed by atoms with E-state index in [2.05, 4.69) is 21.2 Å². The summed E-state index contributed by atoms with van der Waals surface area (Å²) in [4.78, 5) is 12.0. The quantitative estimate of drug-likeness (QED) is 0.888. The van der Waals surface area contributed by atoms with E-state index in [1.807, 2.05) is 19.1 Å². The number of ether oxygens (including phenoxy) is 2. The molecule has 1 saturated carbocycles. The molecule has 0 saturated heterocycles. The van der Waals surface area contributed by atoms with Crippen molar-refractivity contribution in [1.82, 2.24) is 0 Å². The molecule has 5 heteroatoms. The summed E-state index contributed by atoms with van der Waals surface area (Å²) >= 11 is 3.41. The van der Waals surface area contributed by atoms with Gasteiger partial charge in [-0.1, -0.05) is 28.8 Å². The summed E-state index contributed by atoms with van der Waals surface area (Å²) in [5.74, 6) is 0.506. The molecule has 0 bridgehead atoms. The number of methoxy groups -OCH3 is 1. The number of halogens is 1. The van der Waals surface area contributed by atoms with Crippen LogP contribution in [-0.2, 0) is 9.53 Å². The Morgan fingerprint density at radius 3 is 2.75 bits per heavy atom. The molecule has 20 heavy (non-hydrogen) atoms. The smallest absolute Gasteiger partial charge is 0.250 e. The van der Waals surface area contributed by atoms with Crippen LogP contribution in [0.15, 0.2) is 16.6 Å². The van der Waals surface area contributed by atoms with E-state index in [1.165, 1.54) is 12.8 Å². The second-order valence-corrected chi connectivity index (χ2v) is 5.98. The summed E-state index contributed by atoms with van der Waals surface area (Å²) in [5, 5.41) is 2.87. The van der Waals surface area contributed by atoms with Crippen LogP contribution in [0.25, 0.3) is 0 Å². The number of aryl methyl sites for hydroxylation is 1. The zero-order valence-electron chi connectivity index (χ0n) is 11.9. The molecule has 0 radical (unpaired) electrons. The van der Waals surface area contributed by atoms with Crippen molar-refractivity contribution in [3.8, 4) is 5.75 Å². The molecule has 1 aliphatic rings. The lowest BCUT2D eigenvalue weighted by Gasteiger charge is -2.15. The average molecular weight is 342 g/mol. The van der Waals surface area contributed by atoms with E-state index in [1.54, 1.807) is 7.11 Å². The molecule has 2 rings (SSSR count). The Morgan fingerprint density at radius 2 is 2.10 bits per heavy atom. The van der Waals surface area contributed by atoms with E-state index < -0.39 is 0 Å². The minimum atomic E-state index is -0.138. The van der Waals surface area contributed by atoms with Crippen molar-refractivity contribution < 1.29 is 14.3 Å². The summed E-state index contributed by atoms with van der Waals surface area (Å²) in [6, 6.07) is 3.77. The summed E-state index contributed by atoms with van der Waals surface area (Å²) in [6.07, 6.45) is 4.77. The molecule has 0 aliphatic heterocycles. The molecule has 1 aromatic rings. The highest BCUT2D eigenvalue weighted by Crippen LogP contribution is 2.32. The highest BCUT2D eigenvalue weighted by molar-refractivity contribution is 9.10. The summed E-state index contributed by atoms with van der Waals surface area (Å²) in [7, 11) is 1.59. The van der Waals surface area contributed by atoms with Crippen molar-refractivity contribution in [3.63, 3.8) is 0 Å². The predicted molar refractivity (Wildman–Crippen MR) is 82.3 cm³/mol. The molecule has 110 valence electrons. The maximum Gasteiger partial charge on any atom is 0.250 e. The van der Waals surface area contributed by atoms with Gasteiger partial charge >= 0.3 is 0 Å². The molecular formula is C15H20BrNO3. The van der Waals surface area contributed by atoms with Crippen LogP contribution >= 0.6 is 15.9 Å². The highest BCUT2D eigenvalue weighted by Gasteiger charge is 2.17. The molecular weight excluding hydrogens is 322 g/mol. The van der Waals surface area contributed by atoms with Gasteiger partial charge in [0, 0.05) is 4.47 Å². The van der Waals surface area contributed by atoms with Gasteiger partial charge in [-0.15, -0.1) is 0 Å². The predicted octanol–water partition coefficient (Wildman–Crippen LogP) is 3.66. The number of rotatable bonds is 5. The van der Waals surface area contributed by atoms with Gasteiger partial charge in [0.2, 0.25) is 5.91 Å². The monoisotopic (exact) mass is 341 g/mol. The fraction of sp³-hybridized carbons (Fsp3) is 0.533. The van der Waals surface area contributed by atoms with Gasteiger partial charge in [-0.25, -0.2) is 0 Å². The van der Waals surface area contributed by atoms with Crippen LogP contribution in [0.1, 0.15) is 31.2 Å². The van der Waals surface area contributed by atoms with E-state index in [9.17, 15) is 4.79 Å². The Hall–Kier alpha value is -1.07. The Morgan fingerprint density at radius 1 is 1.40 bits per heavy atom. The van der Waals surface area contributed by atoms with Gasteiger partial charge in [-0.2, -0.15) is 0 Å². The number of hydrogen-bond donors (Lipinski definition) is 1. The van der Waals surface area contributed by atoms with Crippen LogP contribution < -0.4 is 10.1 Å². The number of anilines is 1. The minimum Gasteiger partial charge on any atom is -0.495 e. The van der Waals surface area contributed by atoms with Crippen LogP contribution in [-0.4, -0.2) is 25.7 Å². The van der Waals surface area contributed by atoms with Gasteiger partial charge in [0.1, 0.15) is 12.4 Å². The number of amides is 1. The molecule has 0 atom stereocenters. The third-order valence-electron chi connectivity index (χ3n) is 3.50. The Kier molecular flexibility index (Phi) is 5.43.